The first-order valence-corrected chi connectivity index (χ1v) is 37.7. The van der Waals surface area contributed by atoms with Gasteiger partial charge in [0, 0.05) is 72.5 Å². The zero-order chi connectivity index (χ0) is 77.4. The van der Waals surface area contributed by atoms with E-state index in [-0.39, 0.29) is 93.8 Å². The highest BCUT2D eigenvalue weighted by Gasteiger charge is 2.41. The van der Waals surface area contributed by atoms with Gasteiger partial charge in [0.05, 0.1) is 13.0 Å². The molecule has 2 aromatic carbocycles. The number of fused-ring (bicyclic) bond motifs is 7. The Morgan fingerprint density at radius 2 is 1.24 bits per heavy atom. The van der Waals surface area contributed by atoms with Crippen LogP contribution >= 0.6 is 23.5 Å². The average Bonchev–Trinajstić information content (AvgIpc) is 1.70. The molecule has 6 rings (SSSR count). The number of aromatic amines is 1. The second-order valence-corrected chi connectivity index (χ2v) is 28.4. The zero-order valence-electron chi connectivity index (χ0n) is 59.6. The number of nitrogens with zero attached hydrogens (tertiary/aromatic N) is 2. The molecule has 0 saturated carbocycles. The zero-order valence-corrected chi connectivity index (χ0v) is 61.2. The molecule has 0 aliphatic carbocycles. The van der Waals surface area contributed by atoms with Crippen molar-refractivity contribution >= 4 is 129 Å². The number of aliphatic carboxylic acids is 2. The van der Waals surface area contributed by atoms with Crippen molar-refractivity contribution in [1.29, 1.82) is 5.41 Å². The highest BCUT2D eigenvalue weighted by molar-refractivity contribution is 7.98. The number of oxime groups is 1. The highest BCUT2D eigenvalue weighted by atomic mass is 32.2. The van der Waals surface area contributed by atoms with Crippen LogP contribution in [0.15, 0.2) is 53.8 Å². The van der Waals surface area contributed by atoms with Crippen molar-refractivity contribution in [3.8, 4) is 5.75 Å². The molecule has 0 spiro atoms. The molecule has 1 aromatic heterocycles. The standard InChI is InChI=1S/C69H99N17O18S2/c1-4-5-15-46-61(95)81-50(31-57(91)92)65(99)85-58(38(2)3)67(101)82-49(30-41-32-75-44-16-9-8-14-43(41)44)64(98)79-47(19-21-54(70)87)62(96)78-48(20-22-56(89)90)63(97)83-51(59(71)93)36-105-34-39-27-40-29-42(28-39)103-25-10-6-7-11-26-104-76-33-55(88)77-45(17-12-23-74-69(72)73)60(94)84-52(37-106-35-40)68(102)86-24-13-18-53(86)66(100)80-46/h8-9,14,16,27-29,32-33,38,45-53,58,75H,4-7,10-13,15,17-26,30-31,34-37H2,1-3H3,(H2,70,87)(H2,71,93)(H,77,88)(H,78,96)(H,79,98)(H,80,100)(H,81,95)(H,82,101)(H,83,97)(H,84,94)(H,85,99)(H,89,90)(H,91,92)(H4,72,73,74)/b76-33+/t45-,46-,47-,48-,49-,50-,51-,52-,53-,58-/m0/s1. The molecule has 1 saturated heterocycles. The normalized spacial score (nSPS) is 24.3. The molecule has 0 radical (unpaired) electrons. The number of carbonyl (C=O) groups is 14. The van der Waals surface area contributed by atoms with Crippen LogP contribution in [0, 0.1) is 11.3 Å². The molecule has 3 aliphatic rings. The minimum absolute atomic E-state index is 0.00701. The van der Waals surface area contributed by atoms with Gasteiger partial charge in [-0.1, -0.05) is 63.0 Å². The third-order valence-electron chi connectivity index (χ3n) is 17.6. The van der Waals surface area contributed by atoms with Crippen molar-refractivity contribution in [2.24, 2.45) is 28.3 Å². The number of aromatic nitrogens is 1. The summed E-state index contributed by atoms with van der Waals surface area (Å²) >= 11 is 2.37. The maximum absolute atomic E-state index is 15.2. The SMILES string of the molecule is CCCC[C@@H]1NC(=O)[C@@H]2CCCN2C(=O)[C@@H]2CSCc3cc(cc(c3)OCCCCCCO/N=C/C(=O)N[C@@H](CCCNC(=N)N)C(=O)N2)CSC[C@@H](C(N)=O)NC(=O)[C@H](CCC(=O)O)NC(=O)[C@H](CCC(N)=O)NC(=O)[C@H](Cc2c[nH]c3ccccc23)NC(=O)[C@H](C(C)C)NC(=O)[C@H](CC(=O)O)NC1=O. The smallest absolute Gasteiger partial charge is 0.305 e. The lowest BCUT2D eigenvalue weighted by Gasteiger charge is -2.31. The van der Waals surface area contributed by atoms with Crippen molar-refractivity contribution in [3.63, 3.8) is 0 Å². The Kier molecular flexibility index (Phi) is 34.6. The van der Waals surface area contributed by atoms with Crippen LogP contribution in [0.2, 0.25) is 0 Å². The fourth-order valence-electron chi connectivity index (χ4n) is 12.0. The minimum Gasteiger partial charge on any atom is -0.494 e. The lowest BCUT2D eigenvalue weighted by Crippen LogP contribution is -2.61. The van der Waals surface area contributed by atoms with E-state index in [1.165, 1.54) is 30.5 Å². The van der Waals surface area contributed by atoms with E-state index >= 15 is 4.79 Å². The van der Waals surface area contributed by atoms with Gasteiger partial charge in [0.1, 0.15) is 79.0 Å². The Balaban J connectivity index is 1.44. The molecule has 3 aromatic rings. The van der Waals surface area contributed by atoms with Crippen molar-refractivity contribution in [2.45, 2.75) is 202 Å². The molecule has 20 N–H and O–H groups in total. The number of amides is 12. The molecule has 3 aliphatic heterocycles. The summed E-state index contributed by atoms with van der Waals surface area (Å²) in [5.41, 5.74) is 19.4. The fraction of sp³-hybridized carbons (Fsp3) is 0.565. The van der Waals surface area contributed by atoms with Gasteiger partial charge < -0.3 is 100 Å². The number of carbonyl (C=O) groups excluding carboxylic acids is 12. The molecule has 35 nitrogen and oxygen atoms in total. The Bertz CT molecular complexity index is 3650. The Labute approximate surface area is 621 Å². The van der Waals surface area contributed by atoms with E-state index in [0.717, 1.165) is 24.4 Å². The number of carboxylic acids is 2. The maximum atomic E-state index is 15.2. The topological polar surface area (TPSA) is 551 Å². The summed E-state index contributed by atoms with van der Waals surface area (Å²) in [6, 6.07) is -3.06. The summed E-state index contributed by atoms with van der Waals surface area (Å²) in [4.78, 5) is 205. The van der Waals surface area contributed by atoms with Crippen LogP contribution in [-0.4, -0.2) is 213 Å². The predicted octanol–water partition coefficient (Wildman–Crippen LogP) is -0.600. The average molecular weight is 1520 g/mol. The van der Waals surface area contributed by atoms with Gasteiger partial charge in [-0.25, -0.2) is 0 Å². The van der Waals surface area contributed by atoms with Gasteiger partial charge in [-0.2, -0.15) is 23.5 Å². The maximum Gasteiger partial charge on any atom is 0.305 e. The fourth-order valence-corrected chi connectivity index (χ4v) is 13.9. The molecule has 37 heteroatoms. The monoisotopic (exact) mass is 1520 g/mol. The van der Waals surface area contributed by atoms with Crippen LogP contribution in [0.4, 0.5) is 0 Å². The number of para-hydroxylation sites is 1. The number of H-pyrrole nitrogens is 1. The lowest BCUT2D eigenvalue weighted by atomic mass is 9.99. The third kappa shape index (κ3) is 28.0. The Morgan fingerprint density at radius 1 is 0.651 bits per heavy atom. The quantitative estimate of drug-likeness (QED) is 0.0405. The number of nitrogens with two attached hydrogens (primary N) is 3. The van der Waals surface area contributed by atoms with Gasteiger partial charge in [-0.15, -0.1) is 0 Å². The number of guanidine groups is 1. The van der Waals surface area contributed by atoms with Crippen molar-refractivity contribution < 1.29 is 86.9 Å². The Morgan fingerprint density at radius 3 is 1.89 bits per heavy atom. The van der Waals surface area contributed by atoms with Crippen molar-refractivity contribution in [3.05, 3.63) is 65.4 Å². The van der Waals surface area contributed by atoms with Gasteiger partial charge >= 0.3 is 11.9 Å². The summed E-state index contributed by atoms with van der Waals surface area (Å²) in [6.07, 6.45) is 2.76. The summed E-state index contributed by atoms with van der Waals surface area (Å²) in [5.74, 6) is -15.1. The van der Waals surface area contributed by atoms with Gasteiger partial charge in [-0.05, 0) is 111 Å². The van der Waals surface area contributed by atoms with Crippen LogP contribution in [0.1, 0.15) is 140 Å². The molecular weight excluding hydrogens is 1420 g/mol. The van der Waals surface area contributed by atoms with Crippen LogP contribution in [0.25, 0.3) is 10.9 Å². The molecule has 1 fully saturated rings. The van der Waals surface area contributed by atoms with Gasteiger partial charge in [0.2, 0.25) is 65.0 Å². The molecule has 0 unspecified atom stereocenters. The molecule has 4 bridgehead atoms. The predicted molar refractivity (Wildman–Crippen MR) is 392 cm³/mol. The van der Waals surface area contributed by atoms with Gasteiger partial charge in [0.15, 0.2) is 5.96 Å². The molecule has 4 heterocycles. The summed E-state index contributed by atoms with van der Waals surface area (Å²) < 4.78 is 6.28. The van der Waals surface area contributed by atoms with E-state index in [1.54, 1.807) is 42.6 Å². The number of benzene rings is 2. The number of unbranched alkanes of at least 4 members (excludes halogenated alkanes) is 1. The minimum atomic E-state index is -1.91. The third-order valence-corrected chi connectivity index (χ3v) is 19.8. The molecular formula is C69H99N17O18S2. The van der Waals surface area contributed by atoms with E-state index in [0.29, 0.717) is 65.4 Å². The number of thioether (sulfide) groups is 2. The van der Waals surface area contributed by atoms with E-state index < -0.39 is 181 Å². The molecule has 12 amide bonds. The highest BCUT2D eigenvalue weighted by Crippen LogP contribution is 2.28. The van der Waals surface area contributed by atoms with Crippen LogP contribution in [-0.2, 0) is 89.9 Å². The van der Waals surface area contributed by atoms with Gasteiger partial charge in [-0.3, -0.25) is 72.5 Å². The molecule has 580 valence electrons. The Hall–Kier alpha value is -10.2. The van der Waals surface area contributed by atoms with E-state index in [4.69, 9.17) is 32.2 Å². The number of nitrogens with one attached hydrogen (secondary N) is 12. The number of rotatable bonds is 19. The van der Waals surface area contributed by atoms with Crippen molar-refractivity contribution in [1.82, 2.24) is 63.1 Å². The van der Waals surface area contributed by atoms with Crippen molar-refractivity contribution in [2.75, 3.05) is 37.8 Å². The number of hydrogen-bond donors (Lipinski definition) is 17. The first kappa shape index (κ1) is 84.7. The van der Waals surface area contributed by atoms with E-state index in [2.05, 4.69) is 63.3 Å². The second kappa shape index (κ2) is 43.3. The summed E-state index contributed by atoms with van der Waals surface area (Å²) in [7, 11) is 0. The van der Waals surface area contributed by atoms with Crippen LogP contribution in [0.5, 0.6) is 5.75 Å². The van der Waals surface area contributed by atoms with Gasteiger partial charge in [0.25, 0.3) is 5.91 Å². The first-order chi connectivity index (χ1) is 50.6. The second-order valence-electron chi connectivity index (χ2n) is 26.4. The summed E-state index contributed by atoms with van der Waals surface area (Å²) in [5, 5.41) is 57.9. The largest absolute Gasteiger partial charge is 0.494 e. The number of hydrogen-bond acceptors (Lipinski definition) is 20. The van der Waals surface area contributed by atoms with Crippen LogP contribution < -0.4 is 75.1 Å². The molecule has 10 atom stereocenters. The van der Waals surface area contributed by atoms with E-state index in [9.17, 15) is 72.5 Å². The number of carboxylic acid groups (broad SMARTS) is 2. The first-order valence-electron chi connectivity index (χ1n) is 35.4. The number of ether oxygens (including phenoxy) is 1. The summed E-state index contributed by atoms with van der Waals surface area (Å²) in [6.45, 7) is 5.42. The molecule has 106 heavy (non-hydrogen) atoms. The van der Waals surface area contributed by atoms with Crippen LogP contribution in [0.3, 0.4) is 0 Å². The van der Waals surface area contributed by atoms with E-state index in [1.807, 2.05) is 13.0 Å². The number of primary amides is 2. The lowest BCUT2D eigenvalue weighted by molar-refractivity contribution is -0.143.